The Balaban J connectivity index is 2.09. The van der Waals surface area contributed by atoms with Crippen molar-refractivity contribution < 1.29 is 17.9 Å². The van der Waals surface area contributed by atoms with Gasteiger partial charge in [0.25, 0.3) is 0 Å². The van der Waals surface area contributed by atoms with Crippen LogP contribution >= 0.6 is 11.6 Å². The molecule has 1 N–H and O–H groups in total. The number of para-hydroxylation sites is 1. The van der Waals surface area contributed by atoms with E-state index in [9.17, 15) is 13.2 Å². The summed E-state index contributed by atoms with van der Waals surface area (Å²) < 4.78 is 44.3. The Morgan fingerprint density at radius 1 is 1.25 bits per heavy atom. The van der Waals surface area contributed by atoms with Crippen molar-refractivity contribution in [1.82, 2.24) is 5.32 Å². The Kier molecular flexibility index (Phi) is 5.16. The molecule has 2 rings (SSSR count). The molecule has 1 aliphatic carbocycles. The third kappa shape index (κ3) is 3.79. The molecule has 2 nitrogen and oxygen atoms in total. The molecule has 0 unspecified atom stereocenters. The minimum Gasteiger partial charge on any atom is -0.488 e. The fourth-order valence-corrected chi connectivity index (χ4v) is 2.62. The van der Waals surface area contributed by atoms with Gasteiger partial charge in [0.2, 0.25) is 0 Å². The average molecular weight is 308 g/mol. The summed E-state index contributed by atoms with van der Waals surface area (Å²) in [5.41, 5.74) is -0.719. The second kappa shape index (κ2) is 6.68. The van der Waals surface area contributed by atoms with Crippen LogP contribution in [0.15, 0.2) is 24.3 Å². The Hall–Kier alpha value is -0.940. The zero-order valence-electron chi connectivity index (χ0n) is 10.9. The highest BCUT2D eigenvalue weighted by Gasteiger charge is 2.36. The van der Waals surface area contributed by atoms with Crippen LogP contribution in [0.1, 0.15) is 24.8 Å². The molecular weight excluding hydrogens is 291 g/mol. The Morgan fingerprint density at radius 2 is 2.00 bits per heavy atom. The highest BCUT2D eigenvalue weighted by Crippen LogP contribution is 2.37. The number of ether oxygens (including phenoxy) is 1. The molecule has 0 amide bonds. The van der Waals surface area contributed by atoms with Gasteiger partial charge in [0, 0.05) is 18.5 Å². The Bertz CT molecular complexity index is 439. The molecule has 1 fully saturated rings. The first kappa shape index (κ1) is 15.4. The fourth-order valence-electron chi connectivity index (χ4n) is 2.51. The number of alkyl halides is 4. The van der Waals surface area contributed by atoms with Crippen molar-refractivity contribution in [2.75, 3.05) is 12.4 Å². The lowest BCUT2D eigenvalue weighted by Crippen LogP contribution is -2.40. The Labute approximate surface area is 121 Å². The summed E-state index contributed by atoms with van der Waals surface area (Å²) in [6, 6.07) is 5.41. The molecular formula is C14H17ClF3NO. The van der Waals surface area contributed by atoms with Crippen LogP contribution in [0, 0.1) is 0 Å². The lowest BCUT2D eigenvalue weighted by molar-refractivity contribution is -0.139. The number of rotatable bonds is 5. The summed E-state index contributed by atoms with van der Waals surface area (Å²) in [6.45, 7) is 0.632. The molecule has 1 aliphatic rings. The molecule has 0 bridgehead atoms. The molecule has 1 aromatic carbocycles. The lowest BCUT2D eigenvalue weighted by Gasteiger charge is -2.24. The van der Waals surface area contributed by atoms with Crippen molar-refractivity contribution in [3.8, 4) is 5.75 Å². The maximum absolute atomic E-state index is 12.9. The molecule has 1 aromatic rings. The molecule has 0 heterocycles. The van der Waals surface area contributed by atoms with Gasteiger partial charge in [-0.15, -0.1) is 11.6 Å². The van der Waals surface area contributed by atoms with E-state index in [-0.39, 0.29) is 17.9 Å². The van der Waals surface area contributed by atoms with Gasteiger partial charge in [-0.3, -0.25) is 0 Å². The van der Waals surface area contributed by atoms with Crippen LogP contribution in [-0.4, -0.2) is 24.6 Å². The summed E-state index contributed by atoms with van der Waals surface area (Å²) in [4.78, 5) is 0. The molecule has 112 valence electrons. The highest BCUT2D eigenvalue weighted by molar-refractivity contribution is 6.18. The number of benzene rings is 1. The van der Waals surface area contributed by atoms with Crippen LogP contribution in [-0.2, 0) is 6.18 Å². The molecule has 20 heavy (non-hydrogen) atoms. The molecule has 0 spiro atoms. The van der Waals surface area contributed by atoms with E-state index < -0.39 is 11.7 Å². The van der Waals surface area contributed by atoms with Crippen LogP contribution in [0.4, 0.5) is 13.2 Å². The normalized spacial score (nSPS) is 23.0. The third-order valence-electron chi connectivity index (χ3n) is 3.42. The molecule has 6 heteroatoms. The number of halogens is 4. The van der Waals surface area contributed by atoms with E-state index in [1.54, 1.807) is 6.07 Å². The monoisotopic (exact) mass is 307 g/mol. The first-order chi connectivity index (χ1) is 9.52. The standard InChI is InChI=1S/C14H17ClF3NO/c15-8-9-19-11-5-3-7-13(11)20-12-6-2-1-4-10(12)14(16,17)18/h1-2,4,6,11,13,19H,3,5,7-9H2/t11-,13-/m0/s1. The van der Waals surface area contributed by atoms with Crippen molar-refractivity contribution in [2.45, 2.75) is 37.6 Å². The predicted molar refractivity (Wildman–Crippen MR) is 72.2 cm³/mol. The largest absolute Gasteiger partial charge is 0.488 e. The van der Waals surface area contributed by atoms with Crippen molar-refractivity contribution in [3.05, 3.63) is 29.8 Å². The summed E-state index contributed by atoms with van der Waals surface area (Å²) >= 11 is 5.62. The van der Waals surface area contributed by atoms with Gasteiger partial charge in [0.05, 0.1) is 5.56 Å². The second-order valence-corrected chi connectivity index (χ2v) is 5.21. The van der Waals surface area contributed by atoms with E-state index in [2.05, 4.69) is 5.32 Å². The van der Waals surface area contributed by atoms with Crippen LogP contribution in [0.3, 0.4) is 0 Å². The van der Waals surface area contributed by atoms with Gasteiger partial charge >= 0.3 is 6.18 Å². The van der Waals surface area contributed by atoms with E-state index in [1.165, 1.54) is 12.1 Å². The fraction of sp³-hybridized carbons (Fsp3) is 0.571. The van der Waals surface area contributed by atoms with Gasteiger partial charge in [-0.2, -0.15) is 13.2 Å². The maximum atomic E-state index is 12.9. The molecule has 0 radical (unpaired) electrons. The minimum atomic E-state index is -4.39. The van der Waals surface area contributed by atoms with Crippen molar-refractivity contribution >= 4 is 11.6 Å². The van der Waals surface area contributed by atoms with E-state index in [0.29, 0.717) is 12.4 Å². The molecule has 0 saturated heterocycles. The first-order valence-electron chi connectivity index (χ1n) is 6.64. The van der Waals surface area contributed by atoms with E-state index in [4.69, 9.17) is 16.3 Å². The van der Waals surface area contributed by atoms with Crippen LogP contribution < -0.4 is 10.1 Å². The zero-order valence-corrected chi connectivity index (χ0v) is 11.7. The van der Waals surface area contributed by atoms with E-state index >= 15 is 0 Å². The smallest absolute Gasteiger partial charge is 0.419 e. The zero-order chi connectivity index (χ0) is 14.6. The van der Waals surface area contributed by atoms with Gasteiger partial charge in [0.1, 0.15) is 11.9 Å². The van der Waals surface area contributed by atoms with E-state index in [1.807, 2.05) is 0 Å². The van der Waals surface area contributed by atoms with Crippen molar-refractivity contribution in [1.29, 1.82) is 0 Å². The maximum Gasteiger partial charge on any atom is 0.419 e. The van der Waals surface area contributed by atoms with Gasteiger partial charge in [0.15, 0.2) is 0 Å². The highest BCUT2D eigenvalue weighted by atomic mass is 35.5. The predicted octanol–water partition coefficient (Wildman–Crippen LogP) is 3.83. The van der Waals surface area contributed by atoms with Crippen LogP contribution in [0.25, 0.3) is 0 Å². The van der Waals surface area contributed by atoms with Crippen molar-refractivity contribution in [2.24, 2.45) is 0 Å². The van der Waals surface area contributed by atoms with Crippen LogP contribution in [0.2, 0.25) is 0 Å². The van der Waals surface area contributed by atoms with Gasteiger partial charge < -0.3 is 10.1 Å². The second-order valence-electron chi connectivity index (χ2n) is 4.83. The quantitative estimate of drug-likeness (QED) is 0.835. The summed E-state index contributed by atoms with van der Waals surface area (Å²) in [5.74, 6) is 0.382. The molecule has 1 saturated carbocycles. The molecule has 0 aliphatic heterocycles. The molecule has 0 aromatic heterocycles. The minimum absolute atomic E-state index is 0.0649. The van der Waals surface area contributed by atoms with Gasteiger partial charge in [-0.25, -0.2) is 0 Å². The third-order valence-corrected chi connectivity index (χ3v) is 3.61. The molecule has 2 atom stereocenters. The lowest BCUT2D eigenvalue weighted by atomic mass is 10.1. The van der Waals surface area contributed by atoms with Crippen molar-refractivity contribution in [3.63, 3.8) is 0 Å². The SMILES string of the molecule is FC(F)(F)c1ccccc1O[C@H]1CCC[C@@H]1NCCCl. The average Bonchev–Trinajstić information content (AvgIpc) is 2.83. The first-order valence-corrected chi connectivity index (χ1v) is 7.18. The van der Waals surface area contributed by atoms with E-state index in [0.717, 1.165) is 25.3 Å². The summed E-state index contributed by atoms with van der Waals surface area (Å²) in [5, 5.41) is 3.22. The number of hydrogen-bond acceptors (Lipinski definition) is 2. The number of nitrogens with one attached hydrogen (secondary N) is 1. The van der Waals surface area contributed by atoms with Gasteiger partial charge in [-0.1, -0.05) is 12.1 Å². The summed E-state index contributed by atoms with van der Waals surface area (Å²) in [6.07, 6.45) is -2.03. The Morgan fingerprint density at radius 3 is 2.70 bits per heavy atom. The summed E-state index contributed by atoms with van der Waals surface area (Å²) in [7, 11) is 0. The number of hydrogen-bond donors (Lipinski definition) is 1. The van der Waals surface area contributed by atoms with Gasteiger partial charge in [-0.05, 0) is 31.4 Å². The van der Waals surface area contributed by atoms with Crippen LogP contribution in [0.5, 0.6) is 5.75 Å². The topological polar surface area (TPSA) is 21.3 Å².